The third kappa shape index (κ3) is 6.67. The Kier molecular flexibility index (Phi) is 6.56. The minimum Gasteiger partial charge on any atom is -0.481 e. The zero-order valence-electron chi connectivity index (χ0n) is 11.2. The summed E-state index contributed by atoms with van der Waals surface area (Å²) in [4.78, 5) is 10.3. The van der Waals surface area contributed by atoms with Gasteiger partial charge in [0.1, 0.15) is 0 Å². The highest BCUT2D eigenvalue weighted by Gasteiger charge is 2.23. The first-order valence-corrected chi connectivity index (χ1v) is 6.91. The van der Waals surface area contributed by atoms with E-state index in [0.717, 1.165) is 37.7 Å². The van der Waals surface area contributed by atoms with Gasteiger partial charge in [0.25, 0.3) is 0 Å². The van der Waals surface area contributed by atoms with Gasteiger partial charge in [-0.15, -0.1) is 0 Å². The molecule has 1 N–H and O–H groups in total. The summed E-state index contributed by atoms with van der Waals surface area (Å²) in [6, 6.07) is 0. The van der Waals surface area contributed by atoms with Crippen LogP contribution in [0.2, 0.25) is 0 Å². The van der Waals surface area contributed by atoms with Crippen molar-refractivity contribution in [1.29, 1.82) is 0 Å². The van der Waals surface area contributed by atoms with E-state index in [2.05, 4.69) is 13.8 Å². The molecule has 1 saturated carbocycles. The SMILES string of the molecule is CC1CC(C)CC(OCCCCCC(=O)O)C1. The number of unbranched alkanes of at least 4 members (excludes halogenated alkanes) is 2. The maximum atomic E-state index is 10.3. The van der Waals surface area contributed by atoms with Crippen LogP contribution in [0.3, 0.4) is 0 Å². The third-order valence-corrected chi connectivity index (χ3v) is 3.52. The predicted molar refractivity (Wildman–Crippen MR) is 68.0 cm³/mol. The molecule has 3 heteroatoms. The van der Waals surface area contributed by atoms with Crippen LogP contribution in [0, 0.1) is 11.8 Å². The van der Waals surface area contributed by atoms with E-state index in [-0.39, 0.29) is 6.42 Å². The van der Waals surface area contributed by atoms with Crippen molar-refractivity contribution < 1.29 is 14.6 Å². The molecule has 0 aliphatic heterocycles. The molecule has 1 aliphatic carbocycles. The lowest BCUT2D eigenvalue weighted by atomic mass is 9.82. The highest BCUT2D eigenvalue weighted by Crippen LogP contribution is 2.30. The zero-order valence-corrected chi connectivity index (χ0v) is 11.2. The van der Waals surface area contributed by atoms with Crippen LogP contribution in [0.25, 0.3) is 0 Å². The second-order valence-corrected chi connectivity index (χ2v) is 5.61. The maximum absolute atomic E-state index is 10.3. The highest BCUT2D eigenvalue weighted by atomic mass is 16.5. The van der Waals surface area contributed by atoms with Crippen molar-refractivity contribution >= 4 is 5.97 Å². The number of rotatable bonds is 7. The van der Waals surface area contributed by atoms with Gasteiger partial charge in [-0.2, -0.15) is 0 Å². The lowest BCUT2D eigenvalue weighted by Crippen LogP contribution is -2.26. The van der Waals surface area contributed by atoms with Gasteiger partial charge in [0.2, 0.25) is 0 Å². The summed E-state index contributed by atoms with van der Waals surface area (Å²) in [5.74, 6) is 0.882. The van der Waals surface area contributed by atoms with Crippen molar-refractivity contribution in [1.82, 2.24) is 0 Å². The van der Waals surface area contributed by atoms with Gasteiger partial charge in [0.05, 0.1) is 6.10 Å². The molecule has 0 saturated heterocycles. The van der Waals surface area contributed by atoms with E-state index in [1.54, 1.807) is 0 Å². The summed E-state index contributed by atoms with van der Waals surface area (Å²) in [5.41, 5.74) is 0. The van der Waals surface area contributed by atoms with Gasteiger partial charge in [-0.1, -0.05) is 20.3 Å². The number of carboxylic acids is 1. The minimum absolute atomic E-state index is 0.289. The van der Waals surface area contributed by atoms with Gasteiger partial charge >= 0.3 is 5.97 Å². The van der Waals surface area contributed by atoms with Gasteiger partial charge in [0.15, 0.2) is 0 Å². The van der Waals surface area contributed by atoms with Crippen LogP contribution in [0.15, 0.2) is 0 Å². The molecule has 0 spiro atoms. The summed E-state index contributed by atoms with van der Waals surface area (Å²) in [7, 11) is 0. The van der Waals surface area contributed by atoms with E-state index in [4.69, 9.17) is 9.84 Å². The van der Waals surface area contributed by atoms with E-state index < -0.39 is 5.97 Å². The van der Waals surface area contributed by atoms with Crippen molar-refractivity contribution in [2.24, 2.45) is 11.8 Å². The number of hydrogen-bond donors (Lipinski definition) is 1. The topological polar surface area (TPSA) is 46.5 Å². The molecule has 0 amide bonds. The average Bonchev–Trinajstić information content (AvgIpc) is 2.21. The van der Waals surface area contributed by atoms with Crippen molar-refractivity contribution in [3.05, 3.63) is 0 Å². The quantitative estimate of drug-likeness (QED) is 0.695. The molecule has 2 unspecified atom stereocenters. The van der Waals surface area contributed by atoms with Crippen LogP contribution in [0.1, 0.15) is 58.8 Å². The molecule has 100 valence electrons. The number of aliphatic carboxylic acids is 1. The molecule has 1 aliphatic rings. The molecule has 2 atom stereocenters. The average molecular weight is 242 g/mol. The van der Waals surface area contributed by atoms with Crippen LogP contribution >= 0.6 is 0 Å². The zero-order chi connectivity index (χ0) is 12.7. The van der Waals surface area contributed by atoms with Crippen molar-refractivity contribution in [2.75, 3.05) is 6.61 Å². The molecule has 3 nitrogen and oxygen atoms in total. The van der Waals surface area contributed by atoms with Gasteiger partial charge in [-0.3, -0.25) is 4.79 Å². The molecule has 0 bridgehead atoms. The number of carbonyl (C=O) groups is 1. The standard InChI is InChI=1S/C14H26O3/c1-11-8-12(2)10-13(9-11)17-7-5-3-4-6-14(15)16/h11-13H,3-10H2,1-2H3,(H,15,16). The van der Waals surface area contributed by atoms with Crippen LogP contribution in [-0.2, 0) is 9.53 Å². The summed E-state index contributed by atoms with van der Waals surface area (Å²) in [6.07, 6.45) is 7.18. The van der Waals surface area contributed by atoms with Gasteiger partial charge in [-0.25, -0.2) is 0 Å². The monoisotopic (exact) mass is 242 g/mol. The van der Waals surface area contributed by atoms with Crippen molar-refractivity contribution in [3.8, 4) is 0 Å². The fraction of sp³-hybridized carbons (Fsp3) is 0.929. The van der Waals surface area contributed by atoms with Crippen LogP contribution in [-0.4, -0.2) is 23.8 Å². The highest BCUT2D eigenvalue weighted by molar-refractivity contribution is 5.66. The first-order valence-electron chi connectivity index (χ1n) is 6.91. The van der Waals surface area contributed by atoms with Crippen molar-refractivity contribution in [3.63, 3.8) is 0 Å². The van der Waals surface area contributed by atoms with E-state index >= 15 is 0 Å². The lowest BCUT2D eigenvalue weighted by Gasteiger charge is -2.31. The first-order chi connectivity index (χ1) is 8.08. The minimum atomic E-state index is -0.694. The van der Waals surface area contributed by atoms with Crippen molar-refractivity contribution in [2.45, 2.75) is 64.9 Å². The molecular formula is C14H26O3. The molecule has 0 heterocycles. The third-order valence-electron chi connectivity index (χ3n) is 3.52. The number of hydrogen-bond acceptors (Lipinski definition) is 2. The lowest BCUT2D eigenvalue weighted by molar-refractivity contribution is -0.137. The molecule has 0 radical (unpaired) electrons. The van der Waals surface area contributed by atoms with Crippen LogP contribution < -0.4 is 0 Å². The van der Waals surface area contributed by atoms with Crippen LogP contribution in [0.5, 0.6) is 0 Å². The molecule has 1 fully saturated rings. The molecule has 17 heavy (non-hydrogen) atoms. The summed E-state index contributed by atoms with van der Waals surface area (Å²) < 4.78 is 5.88. The Hall–Kier alpha value is -0.570. The number of carboxylic acid groups (broad SMARTS) is 1. The molecular weight excluding hydrogens is 216 g/mol. The Morgan fingerprint density at radius 1 is 1.12 bits per heavy atom. The Morgan fingerprint density at radius 2 is 1.76 bits per heavy atom. The fourth-order valence-corrected chi connectivity index (χ4v) is 2.81. The predicted octanol–water partition coefficient (Wildman–Crippen LogP) is 3.47. The smallest absolute Gasteiger partial charge is 0.303 e. The molecule has 1 rings (SSSR count). The van der Waals surface area contributed by atoms with Crippen LogP contribution in [0.4, 0.5) is 0 Å². The van der Waals surface area contributed by atoms with E-state index in [0.29, 0.717) is 6.10 Å². The van der Waals surface area contributed by atoms with Gasteiger partial charge in [0, 0.05) is 13.0 Å². The van der Waals surface area contributed by atoms with Gasteiger partial charge < -0.3 is 9.84 Å². The second kappa shape index (κ2) is 7.70. The van der Waals surface area contributed by atoms with Gasteiger partial charge in [-0.05, 0) is 43.9 Å². The summed E-state index contributed by atoms with van der Waals surface area (Å²) >= 11 is 0. The Bertz CT molecular complexity index is 218. The van der Waals surface area contributed by atoms with E-state index in [9.17, 15) is 4.79 Å². The Balaban J connectivity index is 2.00. The molecule has 0 aromatic heterocycles. The number of ether oxygens (including phenoxy) is 1. The largest absolute Gasteiger partial charge is 0.481 e. The fourth-order valence-electron chi connectivity index (χ4n) is 2.81. The normalized spacial score (nSPS) is 29.2. The first kappa shape index (κ1) is 14.5. The summed E-state index contributed by atoms with van der Waals surface area (Å²) in [6.45, 7) is 5.40. The maximum Gasteiger partial charge on any atom is 0.303 e. The van der Waals surface area contributed by atoms with E-state index in [1.807, 2.05) is 0 Å². The molecule has 0 aromatic carbocycles. The molecule has 0 aromatic rings. The van der Waals surface area contributed by atoms with E-state index in [1.165, 1.54) is 19.3 Å². The second-order valence-electron chi connectivity index (χ2n) is 5.61. The summed E-state index contributed by atoms with van der Waals surface area (Å²) in [5, 5.41) is 8.50. The Morgan fingerprint density at radius 3 is 2.35 bits per heavy atom. The Labute approximate surface area is 105 Å².